The maximum absolute atomic E-state index is 12.1. The largest absolute Gasteiger partial charge is 0.457 e. The molecule has 4 N–H and O–H groups in total. The van der Waals surface area contributed by atoms with E-state index in [4.69, 9.17) is 10.5 Å². The molecule has 7 heteroatoms. The number of rotatable bonds is 3. The molecule has 0 unspecified atom stereocenters. The molecule has 24 heavy (non-hydrogen) atoms. The number of hydrazine groups is 1. The molecule has 1 heterocycles. The molecule has 0 aliphatic rings. The zero-order chi connectivity index (χ0) is 17.7. The third-order valence-electron chi connectivity index (χ3n) is 3.05. The first-order chi connectivity index (χ1) is 11.3. The van der Waals surface area contributed by atoms with E-state index in [0.29, 0.717) is 17.2 Å². The second kappa shape index (κ2) is 6.99. The van der Waals surface area contributed by atoms with Crippen LogP contribution in [-0.2, 0) is 4.79 Å². The van der Waals surface area contributed by atoms with Gasteiger partial charge in [0.05, 0.1) is 0 Å². The molecular weight excluding hydrogens is 308 g/mol. The Kier molecular flexibility index (Phi) is 5.03. The molecule has 0 radical (unpaired) electrons. The summed E-state index contributed by atoms with van der Waals surface area (Å²) < 4.78 is 5.64. The van der Waals surface area contributed by atoms with E-state index in [1.807, 2.05) is 0 Å². The van der Waals surface area contributed by atoms with Crippen LogP contribution in [-0.4, -0.2) is 16.8 Å². The van der Waals surface area contributed by atoms with Crippen molar-refractivity contribution in [1.82, 2.24) is 15.8 Å². The fraction of sp³-hybridized carbons (Fsp3) is 0.235. The molecule has 0 aliphatic heterocycles. The smallest absolute Gasteiger partial charge is 0.288 e. The average Bonchev–Trinajstić information content (AvgIpc) is 2.54. The minimum atomic E-state index is -0.610. The maximum atomic E-state index is 12.1. The monoisotopic (exact) mass is 328 g/mol. The normalized spacial score (nSPS) is 10.8. The first kappa shape index (κ1) is 17.3. The Labute approximate surface area is 140 Å². The van der Waals surface area contributed by atoms with Crippen molar-refractivity contribution in [1.29, 1.82) is 0 Å². The fourth-order valence-corrected chi connectivity index (χ4v) is 1.64. The zero-order valence-electron chi connectivity index (χ0n) is 13.8. The van der Waals surface area contributed by atoms with Gasteiger partial charge in [0.1, 0.15) is 17.2 Å². The highest BCUT2D eigenvalue weighted by Gasteiger charge is 2.21. The van der Waals surface area contributed by atoms with Crippen LogP contribution < -0.4 is 21.3 Å². The summed E-state index contributed by atoms with van der Waals surface area (Å²) in [6.07, 6.45) is 1.45. The number of carbonyl (C=O) groups excluding carboxylic acids is 2. The summed E-state index contributed by atoms with van der Waals surface area (Å²) in [6.45, 7) is 5.23. The molecule has 0 atom stereocenters. The van der Waals surface area contributed by atoms with Crippen LogP contribution in [0.4, 0.5) is 5.69 Å². The maximum Gasteiger partial charge on any atom is 0.288 e. The number of nitrogens with two attached hydrogens (primary N) is 1. The van der Waals surface area contributed by atoms with Crippen LogP contribution in [0.5, 0.6) is 11.5 Å². The Bertz CT molecular complexity index is 736. The summed E-state index contributed by atoms with van der Waals surface area (Å²) >= 11 is 0. The van der Waals surface area contributed by atoms with Crippen LogP contribution >= 0.6 is 0 Å². The van der Waals surface area contributed by atoms with Crippen LogP contribution in [0.15, 0.2) is 42.6 Å². The van der Waals surface area contributed by atoms with E-state index in [1.165, 1.54) is 12.3 Å². The lowest BCUT2D eigenvalue weighted by molar-refractivity contribution is -0.129. The second-order valence-corrected chi connectivity index (χ2v) is 6.21. The molecule has 1 aromatic carbocycles. The minimum absolute atomic E-state index is 0.122. The van der Waals surface area contributed by atoms with Gasteiger partial charge in [-0.05, 0) is 30.3 Å². The van der Waals surface area contributed by atoms with Gasteiger partial charge in [0.15, 0.2) is 0 Å². The quantitative estimate of drug-likeness (QED) is 0.592. The van der Waals surface area contributed by atoms with Gasteiger partial charge in [0.2, 0.25) is 5.91 Å². The van der Waals surface area contributed by atoms with E-state index < -0.39 is 11.3 Å². The van der Waals surface area contributed by atoms with Gasteiger partial charge in [-0.2, -0.15) is 0 Å². The summed E-state index contributed by atoms with van der Waals surface area (Å²) in [5.74, 6) is 0.199. The first-order valence-electron chi connectivity index (χ1n) is 7.36. The third-order valence-corrected chi connectivity index (χ3v) is 3.05. The van der Waals surface area contributed by atoms with Crippen LogP contribution in [0.2, 0.25) is 0 Å². The van der Waals surface area contributed by atoms with Gasteiger partial charge in [-0.1, -0.05) is 20.8 Å². The van der Waals surface area contributed by atoms with Gasteiger partial charge in [-0.15, -0.1) is 0 Å². The molecule has 0 saturated carbocycles. The van der Waals surface area contributed by atoms with Crippen molar-refractivity contribution in [3.63, 3.8) is 0 Å². The second-order valence-electron chi connectivity index (χ2n) is 6.21. The lowest BCUT2D eigenvalue weighted by Gasteiger charge is -2.17. The van der Waals surface area contributed by atoms with E-state index in [1.54, 1.807) is 51.1 Å². The Hall–Kier alpha value is -3.09. The summed E-state index contributed by atoms with van der Waals surface area (Å²) in [7, 11) is 0. The summed E-state index contributed by atoms with van der Waals surface area (Å²) in [5, 5.41) is 0. The van der Waals surface area contributed by atoms with Gasteiger partial charge in [-0.25, -0.2) is 0 Å². The zero-order valence-corrected chi connectivity index (χ0v) is 13.8. The Balaban J connectivity index is 2.02. The number of nitrogens with zero attached hydrogens (tertiary/aromatic N) is 1. The van der Waals surface area contributed by atoms with Crippen molar-refractivity contribution in [2.75, 3.05) is 5.73 Å². The van der Waals surface area contributed by atoms with Crippen LogP contribution in [0.3, 0.4) is 0 Å². The number of carbonyl (C=O) groups is 2. The summed E-state index contributed by atoms with van der Waals surface area (Å²) in [6, 6.07) is 9.98. The molecule has 1 aromatic heterocycles. The lowest BCUT2D eigenvalue weighted by atomic mass is 9.96. The predicted molar refractivity (Wildman–Crippen MR) is 90.2 cm³/mol. The van der Waals surface area contributed by atoms with Crippen molar-refractivity contribution >= 4 is 17.5 Å². The Morgan fingerprint density at radius 1 is 1.04 bits per heavy atom. The predicted octanol–water partition coefficient (Wildman–Crippen LogP) is 2.26. The van der Waals surface area contributed by atoms with E-state index in [0.717, 1.165) is 0 Å². The highest BCUT2D eigenvalue weighted by molar-refractivity contribution is 5.94. The molecule has 2 rings (SSSR count). The molecule has 0 saturated heterocycles. The van der Waals surface area contributed by atoms with Gasteiger partial charge in [-0.3, -0.25) is 25.4 Å². The SMILES string of the molecule is CC(C)(C)C(=O)NNC(=O)c1cc(Oc2ccc(N)cc2)ccn1. The number of hydrogen-bond acceptors (Lipinski definition) is 5. The first-order valence-corrected chi connectivity index (χ1v) is 7.36. The minimum Gasteiger partial charge on any atom is -0.457 e. The van der Waals surface area contributed by atoms with Gasteiger partial charge >= 0.3 is 0 Å². The summed E-state index contributed by atoms with van der Waals surface area (Å²) in [4.78, 5) is 27.8. The number of hydrogen-bond donors (Lipinski definition) is 3. The van der Waals surface area contributed by atoms with Crippen LogP contribution in [0, 0.1) is 5.41 Å². The molecule has 0 fully saturated rings. The van der Waals surface area contributed by atoms with Gasteiger partial charge in [0, 0.05) is 23.4 Å². The molecule has 0 bridgehead atoms. The van der Waals surface area contributed by atoms with Crippen molar-refractivity contribution < 1.29 is 14.3 Å². The topological polar surface area (TPSA) is 106 Å². The lowest BCUT2D eigenvalue weighted by Crippen LogP contribution is -2.46. The molecule has 2 aromatic rings. The van der Waals surface area contributed by atoms with Gasteiger partial charge < -0.3 is 10.5 Å². The Morgan fingerprint density at radius 3 is 2.33 bits per heavy atom. The van der Waals surface area contributed by atoms with Crippen molar-refractivity contribution in [2.24, 2.45) is 5.41 Å². The Morgan fingerprint density at radius 2 is 1.71 bits per heavy atom. The number of ether oxygens (including phenoxy) is 1. The van der Waals surface area contributed by atoms with Crippen LogP contribution in [0.25, 0.3) is 0 Å². The number of nitrogens with one attached hydrogen (secondary N) is 2. The van der Waals surface area contributed by atoms with Crippen molar-refractivity contribution in [3.05, 3.63) is 48.3 Å². The molecule has 7 nitrogen and oxygen atoms in total. The third kappa shape index (κ3) is 4.70. The number of anilines is 1. The number of nitrogen functional groups attached to an aromatic ring is 1. The number of pyridine rings is 1. The highest BCUT2D eigenvalue weighted by atomic mass is 16.5. The van der Waals surface area contributed by atoms with Gasteiger partial charge in [0.25, 0.3) is 5.91 Å². The molecular formula is C17H20N4O3. The molecule has 126 valence electrons. The molecule has 0 spiro atoms. The number of aromatic nitrogens is 1. The number of benzene rings is 1. The average molecular weight is 328 g/mol. The summed E-state index contributed by atoms with van der Waals surface area (Å²) in [5.41, 5.74) is 10.5. The highest BCUT2D eigenvalue weighted by Crippen LogP contribution is 2.22. The van der Waals surface area contributed by atoms with Crippen LogP contribution in [0.1, 0.15) is 31.3 Å². The standard InChI is InChI=1S/C17H20N4O3/c1-17(2,3)16(23)21-20-15(22)14-10-13(8-9-19-14)24-12-6-4-11(18)5-7-12/h4-10H,18H2,1-3H3,(H,20,22)(H,21,23). The van der Waals surface area contributed by atoms with E-state index in [-0.39, 0.29) is 11.6 Å². The van der Waals surface area contributed by atoms with E-state index >= 15 is 0 Å². The molecule has 2 amide bonds. The molecule has 0 aliphatic carbocycles. The fourth-order valence-electron chi connectivity index (χ4n) is 1.64. The van der Waals surface area contributed by atoms with Crippen molar-refractivity contribution in [3.8, 4) is 11.5 Å². The van der Waals surface area contributed by atoms with Crippen molar-refractivity contribution in [2.45, 2.75) is 20.8 Å². The van der Waals surface area contributed by atoms with E-state index in [2.05, 4.69) is 15.8 Å². The number of amides is 2. The van der Waals surface area contributed by atoms with E-state index in [9.17, 15) is 9.59 Å².